The fourth-order valence-corrected chi connectivity index (χ4v) is 11.4. The highest BCUT2D eigenvalue weighted by atomic mass is 16.6. The van der Waals surface area contributed by atoms with E-state index in [2.05, 4.69) is 46.1 Å². The van der Waals surface area contributed by atoms with Gasteiger partial charge in [0.15, 0.2) is 0 Å². The van der Waals surface area contributed by atoms with E-state index in [-0.39, 0.29) is 69.0 Å². The van der Waals surface area contributed by atoms with Crippen LogP contribution >= 0.6 is 0 Å². The third kappa shape index (κ3) is 77.3. The van der Waals surface area contributed by atoms with Crippen LogP contribution in [-0.4, -0.2) is 166 Å². The Balaban J connectivity index is -0.000000270. The molecule has 0 aromatic heterocycles. The summed E-state index contributed by atoms with van der Waals surface area (Å²) in [5.74, 6) is -14.8. The summed E-state index contributed by atoms with van der Waals surface area (Å²) in [6.45, 7) is 73.5. The first-order valence-electron chi connectivity index (χ1n) is 44.9. The molecule has 0 unspecified atom stereocenters. The van der Waals surface area contributed by atoms with Crippen LogP contribution in [0.2, 0.25) is 0 Å². The van der Waals surface area contributed by atoms with Crippen LogP contribution in [0.15, 0.2) is 88.6 Å². The molecule has 0 saturated heterocycles. The van der Waals surface area contributed by atoms with Gasteiger partial charge in [0.2, 0.25) is 0 Å². The van der Waals surface area contributed by atoms with Gasteiger partial charge in [-0.05, 0) is 146 Å². The molecule has 0 rings (SSSR count). The minimum atomic E-state index is -0.965. The summed E-state index contributed by atoms with van der Waals surface area (Å²) in [5.41, 5.74) is -3.49. The van der Waals surface area contributed by atoms with Crippen LogP contribution in [0.3, 0.4) is 0 Å². The number of carboxylic acids is 7. The predicted octanol–water partition coefficient (Wildman–Crippen LogP) is 22.0. The average molecular weight is 1840 g/mol. The molecule has 746 valence electrons. The summed E-state index contributed by atoms with van der Waals surface area (Å²) in [6, 6.07) is 0. The maximum Gasteiger partial charge on any atom is 0.307 e. The molecule has 0 bridgehead atoms. The number of carbonyl (C=O) groups is 14. The second-order valence-corrected chi connectivity index (χ2v) is 41.2. The molecular weight excluding hydrogens is 1660 g/mol. The van der Waals surface area contributed by atoms with Gasteiger partial charge < -0.3 is 68.9 Å². The number of rotatable bonds is 55. The van der Waals surface area contributed by atoms with Gasteiger partial charge in [0.05, 0.1) is 133 Å². The number of carbonyl (C=O) groups excluding carboxylic acids is 7. The van der Waals surface area contributed by atoms with E-state index in [9.17, 15) is 72.2 Å². The fourth-order valence-electron chi connectivity index (χ4n) is 11.4. The Bertz CT molecular complexity index is 3360. The van der Waals surface area contributed by atoms with E-state index in [1.165, 1.54) is 0 Å². The highest BCUT2D eigenvalue weighted by molar-refractivity contribution is 5.83. The van der Waals surface area contributed by atoms with Crippen molar-refractivity contribution in [1.29, 1.82) is 0 Å². The predicted molar refractivity (Wildman–Crippen MR) is 505 cm³/mol. The largest absolute Gasteiger partial charge is 0.481 e. The first kappa shape index (κ1) is 133. The molecule has 129 heavy (non-hydrogen) atoms. The Morgan fingerprint density at radius 2 is 0.395 bits per heavy atom. The maximum absolute atomic E-state index is 11.8. The highest BCUT2D eigenvalue weighted by Crippen LogP contribution is 2.36. The van der Waals surface area contributed by atoms with Gasteiger partial charge >= 0.3 is 83.6 Å². The lowest BCUT2D eigenvalue weighted by atomic mass is 9.79. The van der Waals surface area contributed by atoms with Crippen molar-refractivity contribution in [3.05, 3.63) is 88.6 Å². The second kappa shape index (κ2) is 69.7. The maximum atomic E-state index is 11.8. The van der Waals surface area contributed by atoms with Crippen molar-refractivity contribution in [2.75, 3.05) is 46.2 Å². The smallest absolute Gasteiger partial charge is 0.307 e. The summed E-state index contributed by atoms with van der Waals surface area (Å²) in [6.07, 6.45) is 28.1. The Morgan fingerprint density at radius 3 is 0.612 bits per heavy atom. The van der Waals surface area contributed by atoms with E-state index in [1.54, 1.807) is 80.5 Å². The van der Waals surface area contributed by atoms with Crippen LogP contribution in [0, 0.1) is 90.2 Å². The number of allylic oxidation sites excluding steroid dienone is 6. The Kier molecular flexibility index (Phi) is 71.7. The van der Waals surface area contributed by atoms with Gasteiger partial charge in [0.1, 0.15) is 0 Å². The lowest BCUT2D eigenvalue weighted by molar-refractivity contribution is -0.156. The quantitative estimate of drug-likeness (QED) is 0.0129. The average Bonchev–Trinajstić information content (AvgIpc) is 0.859. The monoisotopic (exact) mass is 1840 g/mol. The lowest BCUT2D eigenvalue weighted by Gasteiger charge is -2.27. The van der Waals surface area contributed by atoms with Crippen LogP contribution in [0.1, 0.15) is 334 Å². The summed E-state index contributed by atoms with van der Waals surface area (Å²) in [4.78, 5) is 159. The van der Waals surface area contributed by atoms with Gasteiger partial charge in [-0.2, -0.15) is 0 Å². The summed E-state index contributed by atoms with van der Waals surface area (Å²) >= 11 is 0. The van der Waals surface area contributed by atoms with Crippen molar-refractivity contribution in [2.24, 2.45) is 90.2 Å². The van der Waals surface area contributed by atoms with Crippen molar-refractivity contribution >= 4 is 83.6 Å². The summed E-state index contributed by atoms with van der Waals surface area (Å²) in [5, 5.41) is 63.7. The Labute approximate surface area is 774 Å². The zero-order chi connectivity index (χ0) is 102. The van der Waals surface area contributed by atoms with Crippen LogP contribution in [-0.2, 0) is 100 Å². The third-order valence-corrected chi connectivity index (χ3v) is 20.3. The number of esters is 7. The first-order valence-corrected chi connectivity index (χ1v) is 44.9. The van der Waals surface area contributed by atoms with Crippen molar-refractivity contribution < 1.29 is 136 Å². The third-order valence-electron chi connectivity index (χ3n) is 20.3. The molecule has 0 saturated carbocycles. The van der Waals surface area contributed by atoms with Crippen LogP contribution in [0.4, 0.5) is 0 Å². The van der Waals surface area contributed by atoms with E-state index in [1.807, 2.05) is 135 Å². The molecule has 0 radical (unpaired) electrons. The topological polar surface area (TPSA) is 445 Å². The molecule has 0 aromatic carbocycles. The minimum Gasteiger partial charge on any atom is -0.481 e. The second-order valence-electron chi connectivity index (χ2n) is 41.2. The van der Waals surface area contributed by atoms with E-state index in [4.69, 9.17) is 63.8 Å². The molecule has 0 fully saturated rings. The number of ether oxygens (including phenoxy) is 7. The van der Waals surface area contributed by atoms with Gasteiger partial charge in [-0.15, -0.1) is 46.1 Å². The molecule has 0 spiro atoms. The molecule has 0 aromatic rings. The zero-order valence-corrected chi connectivity index (χ0v) is 83.9. The summed E-state index contributed by atoms with van der Waals surface area (Å²) < 4.78 is 35.5. The van der Waals surface area contributed by atoms with Gasteiger partial charge in [-0.1, -0.05) is 228 Å². The van der Waals surface area contributed by atoms with E-state index in [0.717, 1.165) is 109 Å². The van der Waals surface area contributed by atoms with E-state index in [0.29, 0.717) is 39.5 Å². The van der Waals surface area contributed by atoms with Gasteiger partial charge in [-0.25, -0.2) is 0 Å². The van der Waals surface area contributed by atoms with Crippen molar-refractivity contribution in [3.8, 4) is 0 Å². The SMILES string of the molecule is C=CCC(C)(C)COC(=O)C[C@H](C(=O)O)C(C)(C)C.C=CCCC(C)(C)COC(=O)C[C@H](C(=O)O)C(C)(C)C.C=CCCCCCCOC(=O)C[C@H](C(=O)O)C(C)(C)C.C=CCCCCCOC(=O)C[C@H](C(=O)O)C(C)(C)C.C=CCCCCOC(=O)C[C@H](C(=O)O)C(C)(C)C.C=CCCCOC(=O)C[C@H](C(=O)O)C(C)(C)C.C=CCCOC(=O)C[C@H](C(=O)O)C(C)(C)C. The molecule has 0 amide bonds. The zero-order valence-electron chi connectivity index (χ0n) is 83.9. The molecule has 0 heterocycles. The highest BCUT2D eigenvalue weighted by Gasteiger charge is 2.40. The molecule has 7 atom stereocenters. The van der Waals surface area contributed by atoms with Gasteiger partial charge in [0, 0.05) is 5.41 Å². The number of aliphatic carboxylic acids is 7. The normalized spacial score (nSPS) is 13.1. The molecule has 28 heteroatoms. The number of hydrogen-bond acceptors (Lipinski definition) is 21. The molecular formula is C101H174O28. The fraction of sp³-hybridized carbons (Fsp3) is 0.723. The minimum absolute atomic E-state index is 0.0602. The standard InChI is InChI=1S/2C16H28O4.2C15H26O4.C14H24O4.C13H22O4.C12H20O4/c1-7-8-9-16(5,6)11-20-13(17)10-12(14(18)19)15(2,3)4;1-5-6-7-8-9-10-11-20-14(17)12-13(15(18)19)16(2,3)4;1-7-8-15(5,6)10-19-12(16)9-11(13(17)18)14(2,3)4;1-5-6-7-8-9-10-19-13(16)11-12(14(17)18)15(2,3)4;1-5-6-7-8-9-18-12(15)10-11(13(16)17)14(2,3)4;1-5-6-7-8-17-11(14)9-10(12(15)16)13(2,3)4;1-5-6-7-16-10(13)8-9(11(14)15)12(2,3)4/h7,12H,1,8-11H2,2-6H3,(H,18,19);5,13H,1,6-12H2,2-4H3,(H,18,19);7,11H,1,8-10H2,2-6H3,(H,17,18);5,12H,1,6-11H2,2-4H3,(H,17,18);5,11H,1,6-10H2,2-4H3,(H,16,17);5,10H,1,6-9H2,2-4H3,(H,15,16);5,9H,1,6-8H2,2-4H3,(H,14,15)/t12-;13-;11-;12-;11-;10-;9-/m1111111/s1. The van der Waals surface area contributed by atoms with Crippen LogP contribution in [0.25, 0.3) is 0 Å². The summed E-state index contributed by atoms with van der Waals surface area (Å²) in [7, 11) is 0. The first-order chi connectivity index (χ1) is 58.9. The van der Waals surface area contributed by atoms with Crippen molar-refractivity contribution in [3.63, 3.8) is 0 Å². The van der Waals surface area contributed by atoms with Crippen LogP contribution in [0.5, 0.6) is 0 Å². The van der Waals surface area contributed by atoms with Gasteiger partial charge in [-0.3, -0.25) is 67.1 Å². The lowest BCUT2D eigenvalue weighted by Crippen LogP contribution is -2.32. The Morgan fingerprint density at radius 1 is 0.217 bits per heavy atom. The molecule has 0 aliphatic carbocycles. The van der Waals surface area contributed by atoms with Crippen molar-refractivity contribution in [1.82, 2.24) is 0 Å². The molecule has 0 aliphatic heterocycles. The number of unbranched alkanes of at least 4 members (excludes halogenated alkanes) is 10. The Hall–Kier alpha value is -9.24. The van der Waals surface area contributed by atoms with Gasteiger partial charge in [0.25, 0.3) is 0 Å². The molecule has 0 aliphatic rings. The van der Waals surface area contributed by atoms with Crippen molar-refractivity contribution in [2.45, 2.75) is 334 Å². The van der Waals surface area contributed by atoms with E-state index >= 15 is 0 Å². The number of hydrogen-bond donors (Lipinski definition) is 7. The number of carboxylic acid groups (broad SMARTS) is 7. The van der Waals surface area contributed by atoms with E-state index < -0.39 is 163 Å². The molecule has 7 N–H and O–H groups in total. The van der Waals surface area contributed by atoms with Crippen LogP contribution < -0.4 is 0 Å². The molecule has 28 nitrogen and oxygen atoms in total.